The van der Waals surface area contributed by atoms with Gasteiger partial charge in [0.1, 0.15) is 0 Å². The maximum atomic E-state index is 12.9. The first-order valence-electron chi connectivity index (χ1n) is 8.60. The van der Waals surface area contributed by atoms with E-state index in [4.69, 9.17) is 11.6 Å². The molecule has 1 N–H and O–H groups in total. The van der Waals surface area contributed by atoms with Crippen molar-refractivity contribution in [2.75, 3.05) is 18.4 Å². The number of halogens is 2. The van der Waals surface area contributed by atoms with Gasteiger partial charge in [-0.1, -0.05) is 45.2 Å². The number of hydrogen-bond donors (Lipinski definition) is 1. The molecule has 0 saturated carbocycles. The van der Waals surface area contributed by atoms with Crippen LogP contribution in [0.1, 0.15) is 18.4 Å². The largest absolute Gasteiger partial charge is 0.324 e. The summed E-state index contributed by atoms with van der Waals surface area (Å²) in [6, 6.07) is 12.0. The molecule has 144 valence electrons. The number of anilines is 1. The Kier molecular flexibility index (Phi) is 6.25. The van der Waals surface area contributed by atoms with Gasteiger partial charge >= 0.3 is 0 Å². The minimum absolute atomic E-state index is 0.163. The van der Waals surface area contributed by atoms with Crippen molar-refractivity contribution in [3.05, 3.63) is 57.5 Å². The fraction of sp³-hybridized carbons (Fsp3) is 0.316. The van der Waals surface area contributed by atoms with Crippen molar-refractivity contribution in [2.24, 2.45) is 5.92 Å². The van der Waals surface area contributed by atoms with Gasteiger partial charge < -0.3 is 5.32 Å². The molecule has 2 aromatic carbocycles. The van der Waals surface area contributed by atoms with Gasteiger partial charge in [0.15, 0.2) is 0 Å². The highest BCUT2D eigenvalue weighted by atomic mass is 79.9. The number of carbonyl (C=O) groups is 1. The SMILES string of the molecule is Cc1ccc(S(=O)(=O)N2CCC[C@H](C(=O)Nc3ccc(Br)cc3Cl)C2)cc1. The molecule has 0 aliphatic carbocycles. The van der Waals surface area contributed by atoms with E-state index in [2.05, 4.69) is 21.2 Å². The van der Waals surface area contributed by atoms with E-state index in [0.29, 0.717) is 30.1 Å². The number of nitrogens with zero attached hydrogens (tertiary/aromatic N) is 1. The summed E-state index contributed by atoms with van der Waals surface area (Å²) < 4.78 is 28.0. The van der Waals surface area contributed by atoms with E-state index in [1.54, 1.807) is 42.5 Å². The van der Waals surface area contributed by atoms with Crippen molar-refractivity contribution in [1.82, 2.24) is 4.31 Å². The van der Waals surface area contributed by atoms with Gasteiger partial charge in [0.05, 0.1) is 21.5 Å². The van der Waals surface area contributed by atoms with Crippen molar-refractivity contribution < 1.29 is 13.2 Å². The second-order valence-corrected chi connectivity index (χ2v) is 9.89. The summed E-state index contributed by atoms with van der Waals surface area (Å²) in [5.41, 5.74) is 1.51. The van der Waals surface area contributed by atoms with Crippen molar-refractivity contribution in [3.8, 4) is 0 Å². The predicted molar refractivity (Wildman–Crippen MR) is 110 cm³/mol. The Balaban J connectivity index is 1.73. The topological polar surface area (TPSA) is 66.5 Å². The summed E-state index contributed by atoms with van der Waals surface area (Å²) >= 11 is 9.48. The summed E-state index contributed by atoms with van der Waals surface area (Å²) in [6.07, 6.45) is 1.27. The summed E-state index contributed by atoms with van der Waals surface area (Å²) in [5, 5.41) is 3.24. The lowest BCUT2D eigenvalue weighted by molar-refractivity contribution is -0.120. The number of benzene rings is 2. The van der Waals surface area contributed by atoms with Gasteiger partial charge in [-0.15, -0.1) is 0 Å². The maximum Gasteiger partial charge on any atom is 0.243 e. The first-order chi connectivity index (χ1) is 12.8. The maximum absolute atomic E-state index is 12.9. The molecule has 5 nitrogen and oxygen atoms in total. The summed E-state index contributed by atoms with van der Waals surface area (Å²) in [6.45, 7) is 2.49. The lowest BCUT2D eigenvalue weighted by atomic mass is 9.99. The molecule has 0 aromatic heterocycles. The van der Waals surface area contributed by atoms with Crippen LogP contribution < -0.4 is 5.32 Å². The Hall–Kier alpha value is -1.41. The highest BCUT2D eigenvalue weighted by Crippen LogP contribution is 2.28. The second kappa shape index (κ2) is 8.31. The third kappa shape index (κ3) is 4.71. The molecule has 0 spiro atoms. The monoisotopic (exact) mass is 470 g/mol. The molecule has 1 fully saturated rings. The number of nitrogens with one attached hydrogen (secondary N) is 1. The van der Waals surface area contributed by atoms with Crippen LogP contribution in [0.4, 0.5) is 5.69 Å². The number of sulfonamides is 1. The Morgan fingerprint density at radius 2 is 1.93 bits per heavy atom. The van der Waals surface area contributed by atoms with E-state index in [9.17, 15) is 13.2 Å². The van der Waals surface area contributed by atoms with Gasteiger partial charge in [-0.3, -0.25) is 4.79 Å². The molecule has 0 radical (unpaired) electrons. The van der Waals surface area contributed by atoms with E-state index in [0.717, 1.165) is 10.0 Å². The number of amides is 1. The highest BCUT2D eigenvalue weighted by molar-refractivity contribution is 9.10. The minimum atomic E-state index is -3.61. The van der Waals surface area contributed by atoms with Gasteiger partial charge in [-0.25, -0.2) is 8.42 Å². The predicted octanol–water partition coefficient (Wildman–Crippen LogP) is 4.45. The fourth-order valence-electron chi connectivity index (χ4n) is 3.06. The second-order valence-electron chi connectivity index (χ2n) is 6.63. The lowest BCUT2D eigenvalue weighted by Crippen LogP contribution is -2.43. The molecule has 3 rings (SSSR count). The number of rotatable bonds is 4. The van der Waals surface area contributed by atoms with Gasteiger partial charge in [0.2, 0.25) is 15.9 Å². The molecule has 1 saturated heterocycles. The van der Waals surface area contributed by atoms with Crippen LogP contribution in [0, 0.1) is 12.8 Å². The molecule has 27 heavy (non-hydrogen) atoms. The van der Waals surface area contributed by atoms with Gasteiger partial charge in [-0.2, -0.15) is 4.31 Å². The smallest absolute Gasteiger partial charge is 0.243 e. The molecule has 8 heteroatoms. The van der Waals surface area contributed by atoms with Gasteiger partial charge in [0.25, 0.3) is 0 Å². The fourth-order valence-corrected chi connectivity index (χ4v) is 5.30. The van der Waals surface area contributed by atoms with Crippen molar-refractivity contribution >= 4 is 49.1 Å². The van der Waals surface area contributed by atoms with Crippen LogP contribution in [0.15, 0.2) is 51.8 Å². The number of carbonyl (C=O) groups excluding carboxylic acids is 1. The highest BCUT2D eigenvalue weighted by Gasteiger charge is 2.33. The van der Waals surface area contributed by atoms with Crippen LogP contribution in [-0.4, -0.2) is 31.7 Å². The zero-order valence-corrected chi connectivity index (χ0v) is 17.9. The third-order valence-electron chi connectivity index (χ3n) is 4.60. The van der Waals surface area contributed by atoms with Crippen LogP contribution in [0.25, 0.3) is 0 Å². The molecule has 2 aromatic rings. The minimum Gasteiger partial charge on any atom is -0.324 e. The van der Waals surface area contributed by atoms with Crippen LogP contribution in [0.2, 0.25) is 5.02 Å². The Bertz CT molecular complexity index is 948. The zero-order chi connectivity index (χ0) is 19.6. The van der Waals surface area contributed by atoms with Crippen LogP contribution in [0.5, 0.6) is 0 Å². The van der Waals surface area contributed by atoms with E-state index in [-0.39, 0.29) is 17.3 Å². The normalized spacial score (nSPS) is 18.3. The zero-order valence-electron chi connectivity index (χ0n) is 14.8. The van der Waals surface area contributed by atoms with E-state index < -0.39 is 15.9 Å². The van der Waals surface area contributed by atoms with Crippen LogP contribution in [-0.2, 0) is 14.8 Å². The van der Waals surface area contributed by atoms with Crippen molar-refractivity contribution in [2.45, 2.75) is 24.7 Å². The molecule has 1 amide bonds. The number of aryl methyl sites for hydroxylation is 1. The standard InChI is InChI=1S/C19H20BrClN2O3S/c1-13-4-7-16(8-5-13)27(25,26)23-10-2-3-14(12-23)19(24)22-18-9-6-15(20)11-17(18)21/h4-9,11,14H,2-3,10,12H2,1H3,(H,22,24)/t14-/m0/s1. The molecule has 1 heterocycles. The molecular weight excluding hydrogens is 452 g/mol. The summed E-state index contributed by atoms with van der Waals surface area (Å²) in [5.74, 6) is -0.637. The number of hydrogen-bond acceptors (Lipinski definition) is 3. The first-order valence-corrected chi connectivity index (χ1v) is 11.2. The van der Waals surface area contributed by atoms with Gasteiger partial charge in [0, 0.05) is 17.6 Å². The Labute approximate surface area is 172 Å². The lowest BCUT2D eigenvalue weighted by Gasteiger charge is -2.31. The molecule has 1 aliphatic rings. The molecular formula is C19H20BrClN2O3S. The van der Waals surface area contributed by atoms with E-state index in [1.807, 2.05) is 6.92 Å². The van der Waals surface area contributed by atoms with Crippen LogP contribution >= 0.6 is 27.5 Å². The average molecular weight is 472 g/mol. The Morgan fingerprint density at radius 3 is 2.59 bits per heavy atom. The van der Waals surface area contributed by atoms with E-state index >= 15 is 0 Å². The Morgan fingerprint density at radius 1 is 1.22 bits per heavy atom. The summed E-state index contributed by atoms with van der Waals surface area (Å²) in [7, 11) is -3.61. The molecule has 1 atom stereocenters. The summed E-state index contributed by atoms with van der Waals surface area (Å²) in [4.78, 5) is 12.9. The van der Waals surface area contributed by atoms with Crippen LogP contribution in [0.3, 0.4) is 0 Å². The molecule has 0 bridgehead atoms. The van der Waals surface area contributed by atoms with Crippen molar-refractivity contribution in [3.63, 3.8) is 0 Å². The number of piperidine rings is 1. The average Bonchev–Trinajstić information content (AvgIpc) is 2.64. The molecule has 0 unspecified atom stereocenters. The van der Waals surface area contributed by atoms with Gasteiger partial charge in [-0.05, 0) is 50.1 Å². The molecule has 1 aliphatic heterocycles. The quantitative estimate of drug-likeness (QED) is 0.716. The first kappa shape index (κ1) is 20.3. The van der Waals surface area contributed by atoms with Crippen molar-refractivity contribution in [1.29, 1.82) is 0 Å². The van der Waals surface area contributed by atoms with E-state index in [1.165, 1.54) is 4.31 Å². The third-order valence-corrected chi connectivity index (χ3v) is 7.29.